The fourth-order valence-electron chi connectivity index (χ4n) is 1.88. The SMILES string of the molecule is C/C(CC(C)C)=N/NC(=O)c1ccc2c(c1)OCO2. The number of rotatable bonds is 4. The molecule has 0 aromatic heterocycles. The van der Waals surface area contributed by atoms with Crippen molar-refractivity contribution in [3.8, 4) is 11.5 Å². The molecule has 1 heterocycles. The molecule has 0 spiro atoms. The second-order valence-electron chi connectivity index (χ2n) is 4.95. The van der Waals surface area contributed by atoms with Crippen LogP contribution in [0.25, 0.3) is 0 Å². The first-order valence-electron chi connectivity index (χ1n) is 6.29. The molecule has 0 radical (unpaired) electrons. The lowest BCUT2D eigenvalue weighted by Gasteiger charge is -2.05. The number of hydrogen-bond donors (Lipinski definition) is 1. The highest BCUT2D eigenvalue weighted by Crippen LogP contribution is 2.32. The molecule has 0 unspecified atom stereocenters. The van der Waals surface area contributed by atoms with Crippen molar-refractivity contribution in [3.05, 3.63) is 23.8 Å². The van der Waals surface area contributed by atoms with Crippen LogP contribution in [0, 0.1) is 5.92 Å². The van der Waals surface area contributed by atoms with Gasteiger partial charge in [0.1, 0.15) is 0 Å². The van der Waals surface area contributed by atoms with Gasteiger partial charge in [-0.2, -0.15) is 5.10 Å². The summed E-state index contributed by atoms with van der Waals surface area (Å²) < 4.78 is 10.4. The Morgan fingerprint density at radius 1 is 1.37 bits per heavy atom. The molecule has 1 aromatic carbocycles. The van der Waals surface area contributed by atoms with Crippen molar-refractivity contribution in [2.24, 2.45) is 11.0 Å². The molecule has 1 aliphatic heterocycles. The zero-order chi connectivity index (χ0) is 13.8. The Balaban J connectivity index is 2.00. The van der Waals surface area contributed by atoms with E-state index < -0.39 is 0 Å². The average Bonchev–Trinajstić information content (AvgIpc) is 2.82. The van der Waals surface area contributed by atoms with Crippen molar-refractivity contribution < 1.29 is 14.3 Å². The summed E-state index contributed by atoms with van der Waals surface area (Å²) in [5, 5.41) is 4.08. The van der Waals surface area contributed by atoms with Crippen molar-refractivity contribution in [2.45, 2.75) is 27.2 Å². The molecule has 1 aliphatic rings. The second-order valence-corrected chi connectivity index (χ2v) is 4.95. The van der Waals surface area contributed by atoms with E-state index in [0.717, 1.165) is 12.1 Å². The first-order valence-corrected chi connectivity index (χ1v) is 6.29. The Bertz CT molecular complexity index is 509. The summed E-state index contributed by atoms with van der Waals surface area (Å²) in [6.45, 7) is 6.32. The zero-order valence-corrected chi connectivity index (χ0v) is 11.4. The molecule has 0 aliphatic carbocycles. The maximum absolute atomic E-state index is 11.9. The van der Waals surface area contributed by atoms with Crippen molar-refractivity contribution in [2.75, 3.05) is 6.79 Å². The molecule has 5 heteroatoms. The monoisotopic (exact) mass is 262 g/mol. The lowest BCUT2D eigenvalue weighted by Crippen LogP contribution is -2.19. The van der Waals surface area contributed by atoms with Gasteiger partial charge in [0.25, 0.3) is 5.91 Å². The van der Waals surface area contributed by atoms with Crippen LogP contribution in [0.15, 0.2) is 23.3 Å². The molecule has 0 saturated carbocycles. The Morgan fingerprint density at radius 2 is 2.11 bits per heavy atom. The summed E-state index contributed by atoms with van der Waals surface area (Å²) in [5.74, 6) is 1.53. The summed E-state index contributed by atoms with van der Waals surface area (Å²) in [7, 11) is 0. The third-order valence-corrected chi connectivity index (χ3v) is 2.69. The lowest BCUT2D eigenvalue weighted by molar-refractivity contribution is 0.0954. The molecule has 0 fully saturated rings. The molecule has 19 heavy (non-hydrogen) atoms. The number of carbonyl (C=O) groups is 1. The lowest BCUT2D eigenvalue weighted by atomic mass is 10.1. The van der Waals surface area contributed by atoms with E-state index in [1.165, 1.54) is 0 Å². The molecular weight excluding hydrogens is 244 g/mol. The first-order chi connectivity index (χ1) is 9.06. The number of benzene rings is 1. The standard InChI is InChI=1S/C14H18N2O3/c1-9(2)6-10(3)15-16-14(17)11-4-5-12-13(7-11)19-8-18-12/h4-5,7,9H,6,8H2,1-3H3,(H,16,17)/b15-10-. The molecule has 0 saturated heterocycles. The van der Waals surface area contributed by atoms with E-state index in [1.54, 1.807) is 18.2 Å². The predicted molar refractivity (Wildman–Crippen MR) is 72.6 cm³/mol. The number of hydrazone groups is 1. The van der Waals surface area contributed by atoms with Crippen LogP contribution in [0.1, 0.15) is 37.6 Å². The number of nitrogens with one attached hydrogen (secondary N) is 1. The quantitative estimate of drug-likeness (QED) is 0.670. The van der Waals surface area contributed by atoms with Crippen LogP contribution in [0.3, 0.4) is 0 Å². The van der Waals surface area contributed by atoms with Crippen molar-refractivity contribution >= 4 is 11.6 Å². The Kier molecular flexibility index (Phi) is 4.04. The molecule has 5 nitrogen and oxygen atoms in total. The molecular formula is C14H18N2O3. The smallest absolute Gasteiger partial charge is 0.271 e. The molecule has 1 amide bonds. The summed E-state index contributed by atoms with van der Waals surface area (Å²) >= 11 is 0. The van der Waals surface area contributed by atoms with Gasteiger partial charge < -0.3 is 9.47 Å². The molecule has 102 valence electrons. The van der Waals surface area contributed by atoms with Gasteiger partial charge in [-0.15, -0.1) is 0 Å². The Morgan fingerprint density at radius 3 is 2.84 bits per heavy atom. The normalized spacial score (nSPS) is 13.8. The minimum atomic E-state index is -0.249. The van der Waals surface area contributed by atoms with Gasteiger partial charge in [-0.05, 0) is 37.5 Å². The van der Waals surface area contributed by atoms with Gasteiger partial charge in [0.15, 0.2) is 11.5 Å². The van der Waals surface area contributed by atoms with Crippen LogP contribution < -0.4 is 14.9 Å². The second kappa shape index (κ2) is 5.73. The number of amides is 1. The van der Waals surface area contributed by atoms with E-state index in [1.807, 2.05) is 6.92 Å². The average molecular weight is 262 g/mol. The number of carbonyl (C=O) groups excluding carboxylic acids is 1. The van der Waals surface area contributed by atoms with E-state index in [-0.39, 0.29) is 12.7 Å². The van der Waals surface area contributed by atoms with Crippen LogP contribution in [-0.2, 0) is 0 Å². The molecule has 0 bridgehead atoms. The molecule has 1 N–H and O–H groups in total. The van der Waals surface area contributed by atoms with E-state index >= 15 is 0 Å². The van der Waals surface area contributed by atoms with Crippen molar-refractivity contribution in [3.63, 3.8) is 0 Å². The van der Waals surface area contributed by atoms with Crippen LogP contribution >= 0.6 is 0 Å². The van der Waals surface area contributed by atoms with E-state index in [9.17, 15) is 4.79 Å². The third-order valence-electron chi connectivity index (χ3n) is 2.69. The fraction of sp³-hybridized carbons (Fsp3) is 0.429. The van der Waals surface area contributed by atoms with Crippen molar-refractivity contribution in [1.82, 2.24) is 5.43 Å². The topological polar surface area (TPSA) is 59.9 Å². The minimum absolute atomic E-state index is 0.200. The number of fused-ring (bicyclic) bond motifs is 1. The van der Waals surface area contributed by atoms with Gasteiger partial charge in [-0.3, -0.25) is 4.79 Å². The summed E-state index contributed by atoms with van der Waals surface area (Å²) in [5.41, 5.74) is 3.96. The zero-order valence-electron chi connectivity index (χ0n) is 11.4. The fourth-order valence-corrected chi connectivity index (χ4v) is 1.88. The molecule has 2 rings (SSSR count). The number of nitrogens with zero attached hydrogens (tertiary/aromatic N) is 1. The van der Waals surface area contributed by atoms with Crippen LogP contribution in [0.5, 0.6) is 11.5 Å². The highest BCUT2D eigenvalue weighted by Gasteiger charge is 2.15. The number of ether oxygens (including phenoxy) is 2. The predicted octanol–water partition coefficient (Wildman–Crippen LogP) is 2.57. The van der Waals surface area contributed by atoms with Gasteiger partial charge in [0.05, 0.1) is 0 Å². The van der Waals surface area contributed by atoms with Crippen LogP contribution in [0.4, 0.5) is 0 Å². The first kappa shape index (κ1) is 13.4. The highest BCUT2D eigenvalue weighted by atomic mass is 16.7. The maximum Gasteiger partial charge on any atom is 0.271 e. The Hall–Kier alpha value is -2.04. The molecule has 0 atom stereocenters. The molecule has 1 aromatic rings. The van der Waals surface area contributed by atoms with E-state index in [2.05, 4.69) is 24.4 Å². The Labute approximate surface area is 112 Å². The highest BCUT2D eigenvalue weighted by molar-refractivity contribution is 5.95. The van der Waals surface area contributed by atoms with Gasteiger partial charge in [-0.25, -0.2) is 5.43 Å². The van der Waals surface area contributed by atoms with Gasteiger partial charge >= 0.3 is 0 Å². The van der Waals surface area contributed by atoms with Gasteiger partial charge in [0, 0.05) is 11.3 Å². The summed E-state index contributed by atoms with van der Waals surface area (Å²) in [4.78, 5) is 11.9. The minimum Gasteiger partial charge on any atom is -0.454 e. The van der Waals surface area contributed by atoms with E-state index in [4.69, 9.17) is 9.47 Å². The third kappa shape index (κ3) is 3.47. The van der Waals surface area contributed by atoms with Crippen molar-refractivity contribution in [1.29, 1.82) is 0 Å². The van der Waals surface area contributed by atoms with E-state index in [0.29, 0.717) is 23.0 Å². The van der Waals surface area contributed by atoms with Crippen LogP contribution in [-0.4, -0.2) is 18.4 Å². The largest absolute Gasteiger partial charge is 0.454 e. The van der Waals surface area contributed by atoms with Crippen LogP contribution in [0.2, 0.25) is 0 Å². The summed E-state index contributed by atoms with van der Waals surface area (Å²) in [6, 6.07) is 5.07. The summed E-state index contributed by atoms with van der Waals surface area (Å²) in [6.07, 6.45) is 0.863. The van der Waals surface area contributed by atoms with Gasteiger partial charge in [0.2, 0.25) is 6.79 Å². The maximum atomic E-state index is 11.9. The number of hydrogen-bond acceptors (Lipinski definition) is 4. The van der Waals surface area contributed by atoms with Gasteiger partial charge in [-0.1, -0.05) is 13.8 Å².